The molecule has 0 unspecified atom stereocenters. The van der Waals surface area contributed by atoms with Crippen LogP contribution in [-0.4, -0.2) is 23.0 Å². The summed E-state index contributed by atoms with van der Waals surface area (Å²) in [6, 6.07) is 6.04. The highest BCUT2D eigenvalue weighted by Crippen LogP contribution is 2.17. The van der Waals surface area contributed by atoms with Crippen LogP contribution in [0.5, 0.6) is 0 Å². The van der Waals surface area contributed by atoms with Crippen molar-refractivity contribution in [2.45, 2.75) is 13.8 Å². The Bertz CT molecular complexity index is 594. The first-order chi connectivity index (χ1) is 9.10. The van der Waals surface area contributed by atoms with Crippen LogP contribution < -0.4 is 5.32 Å². The van der Waals surface area contributed by atoms with E-state index in [9.17, 15) is 4.79 Å². The highest BCUT2D eigenvalue weighted by molar-refractivity contribution is 5.86. The number of carbonyl (C=O) groups excluding carboxylic acids is 1. The molecule has 0 aliphatic heterocycles. The first-order valence-corrected chi connectivity index (χ1v) is 5.85. The van der Waals surface area contributed by atoms with Crippen LogP contribution in [-0.2, 0) is 4.74 Å². The maximum Gasteiger partial charge on any atom is 0.358 e. The van der Waals surface area contributed by atoms with Crippen LogP contribution in [0.15, 0.2) is 30.6 Å². The predicted octanol–water partition coefficient (Wildman–Crippen LogP) is 2.62. The Balaban J connectivity index is 2.15. The zero-order valence-corrected chi connectivity index (χ0v) is 11.1. The average Bonchev–Trinajstić information content (AvgIpc) is 2.43. The number of nitrogens with zero attached hydrogens (tertiary/aromatic N) is 2. The lowest BCUT2D eigenvalue weighted by Crippen LogP contribution is -2.05. The Kier molecular flexibility index (Phi) is 3.75. The van der Waals surface area contributed by atoms with E-state index in [-0.39, 0.29) is 5.69 Å². The van der Waals surface area contributed by atoms with Gasteiger partial charge in [0, 0.05) is 5.69 Å². The smallest absolute Gasteiger partial charge is 0.358 e. The number of benzene rings is 1. The number of anilines is 2. The average molecular weight is 257 g/mol. The number of hydrogen-bond acceptors (Lipinski definition) is 5. The minimum absolute atomic E-state index is 0.188. The van der Waals surface area contributed by atoms with Crippen molar-refractivity contribution in [1.82, 2.24) is 9.97 Å². The Morgan fingerprint density at radius 2 is 1.95 bits per heavy atom. The van der Waals surface area contributed by atoms with Crippen LogP contribution in [0, 0.1) is 13.8 Å². The normalized spacial score (nSPS) is 10.1. The molecule has 0 aliphatic rings. The summed E-state index contributed by atoms with van der Waals surface area (Å²) in [5, 5.41) is 3.13. The monoisotopic (exact) mass is 257 g/mol. The van der Waals surface area contributed by atoms with Gasteiger partial charge in [-0.05, 0) is 37.1 Å². The number of esters is 1. The summed E-state index contributed by atoms with van der Waals surface area (Å²) < 4.78 is 4.56. The molecule has 0 saturated heterocycles. The highest BCUT2D eigenvalue weighted by Gasteiger charge is 2.07. The second-order valence-electron chi connectivity index (χ2n) is 4.20. The van der Waals surface area contributed by atoms with Crippen LogP contribution in [0.1, 0.15) is 21.6 Å². The summed E-state index contributed by atoms with van der Waals surface area (Å²) in [4.78, 5) is 19.3. The summed E-state index contributed by atoms with van der Waals surface area (Å²) in [7, 11) is 1.31. The van der Waals surface area contributed by atoms with E-state index in [1.807, 2.05) is 25.1 Å². The number of rotatable bonds is 3. The molecule has 2 aromatic rings. The van der Waals surface area contributed by atoms with E-state index < -0.39 is 5.97 Å². The molecule has 5 heteroatoms. The van der Waals surface area contributed by atoms with Gasteiger partial charge in [0.2, 0.25) is 0 Å². The minimum atomic E-state index is -0.495. The number of aryl methyl sites for hydroxylation is 2. The summed E-state index contributed by atoms with van der Waals surface area (Å²) in [6.45, 7) is 4.11. The van der Waals surface area contributed by atoms with E-state index in [1.165, 1.54) is 30.6 Å². The number of hydrogen-bond donors (Lipinski definition) is 1. The third-order valence-corrected chi connectivity index (χ3v) is 2.83. The van der Waals surface area contributed by atoms with Crippen molar-refractivity contribution in [1.29, 1.82) is 0 Å². The van der Waals surface area contributed by atoms with Crippen molar-refractivity contribution < 1.29 is 9.53 Å². The van der Waals surface area contributed by atoms with Crippen LogP contribution in [0.4, 0.5) is 11.5 Å². The standard InChI is InChI=1S/C14H15N3O2/c1-9-4-5-11(6-10(9)2)17-13-8-15-12(7-16-13)14(18)19-3/h4-8H,1-3H3,(H,16,17). The van der Waals surface area contributed by atoms with E-state index in [1.54, 1.807) is 0 Å². The number of nitrogens with one attached hydrogen (secondary N) is 1. The van der Waals surface area contributed by atoms with Gasteiger partial charge < -0.3 is 10.1 Å². The van der Waals surface area contributed by atoms with Gasteiger partial charge in [-0.1, -0.05) is 6.07 Å². The van der Waals surface area contributed by atoms with Crippen LogP contribution >= 0.6 is 0 Å². The molecule has 98 valence electrons. The molecule has 0 saturated carbocycles. The van der Waals surface area contributed by atoms with Gasteiger partial charge in [0.1, 0.15) is 5.82 Å². The van der Waals surface area contributed by atoms with Crippen LogP contribution in [0.3, 0.4) is 0 Å². The van der Waals surface area contributed by atoms with Crippen molar-refractivity contribution in [2.24, 2.45) is 0 Å². The molecule has 1 aromatic carbocycles. The first kappa shape index (κ1) is 13.0. The lowest BCUT2D eigenvalue weighted by Gasteiger charge is -2.07. The van der Waals surface area contributed by atoms with E-state index in [2.05, 4.69) is 26.9 Å². The third kappa shape index (κ3) is 3.07. The Hall–Kier alpha value is -2.43. The Labute approximate surface area is 111 Å². The molecule has 1 aromatic heterocycles. The quantitative estimate of drug-likeness (QED) is 0.856. The molecule has 0 amide bonds. The largest absolute Gasteiger partial charge is 0.464 e. The van der Waals surface area contributed by atoms with Gasteiger partial charge in [-0.3, -0.25) is 0 Å². The van der Waals surface area contributed by atoms with Crippen LogP contribution in [0.2, 0.25) is 0 Å². The molecule has 0 radical (unpaired) electrons. The van der Waals surface area contributed by atoms with E-state index in [0.29, 0.717) is 5.82 Å². The molecule has 1 N–H and O–H groups in total. The Morgan fingerprint density at radius 3 is 2.53 bits per heavy atom. The van der Waals surface area contributed by atoms with Gasteiger partial charge in [0.05, 0.1) is 19.5 Å². The van der Waals surface area contributed by atoms with Crippen molar-refractivity contribution in [3.05, 3.63) is 47.4 Å². The van der Waals surface area contributed by atoms with E-state index in [4.69, 9.17) is 0 Å². The second-order valence-corrected chi connectivity index (χ2v) is 4.20. The third-order valence-electron chi connectivity index (χ3n) is 2.83. The van der Waals surface area contributed by atoms with Crippen molar-refractivity contribution in [3.63, 3.8) is 0 Å². The molecule has 0 aliphatic carbocycles. The van der Waals surface area contributed by atoms with Crippen molar-refractivity contribution in [2.75, 3.05) is 12.4 Å². The topological polar surface area (TPSA) is 64.1 Å². The van der Waals surface area contributed by atoms with Gasteiger partial charge in [-0.15, -0.1) is 0 Å². The summed E-state index contributed by atoms with van der Waals surface area (Å²) >= 11 is 0. The van der Waals surface area contributed by atoms with Gasteiger partial charge in [0.25, 0.3) is 0 Å². The summed E-state index contributed by atoms with van der Waals surface area (Å²) in [5.41, 5.74) is 3.55. The van der Waals surface area contributed by atoms with Gasteiger partial charge >= 0.3 is 5.97 Å². The van der Waals surface area contributed by atoms with E-state index >= 15 is 0 Å². The zero-order valence-electron chi connectivity index (χ0n) is 11.1. The zero-order chi connectivity index (χ0) is 13.8. The molecule has 0 spiro atoms. The molecule has 0 atom stereocenters. The molecular weight excluding hydrogens is 242 g/mol. The molecular formula is C14H15N3O2. The number of carbonyl (C=O) groups is 1. The predicted molar refractivity (Wildman–Crippen MR) is 72.6 cm³/mol. The van der Waals surface area contributed by atoms with E-state index in [0.717, 1.165) is 5.69 Å². The summed E-state index contributed by atoms with van der Waals surface area (Å²) in [5.74, 6) is 0.0844. The number of ether oxygens (including phenoxy) is 1. The second kappa shape index (κ2) is 5.48. The lowest BCUT2D eigenvalue weighted by molar-refractivity contribution is 0.0593. The van der Waals surface area contributed by atoms with Gasteiger partial charge in [0.15, 0.2) is 5.69 Å². The van der Waals surface area contributed by atoms with Gasteiger partial charge in [-0.25, -0.2) is 14.8 Å². The molecule has 19 heavy (non-hydrogen) atoms. The minimum Gasteiger partial charge on any atom is -0.464 e. The fourth-order valence-corrected chi connectivity index (χ4v) is 1.57. The molecule has 1 heterocycles. The fraction of sp³-hybridized carbons (Fsp3) is 0.214. The summed E-state index contributed by atoms with van der Waals surface area (Å²) in [6.07, 6.45) is 2.89. The highest BCUT2D eigenvalue weighted by atomic mass is 16.5. The molecule has 5 nitrogen and oxygen atoms in total. The molecule has 0 fully saturated rings. The lowest BCUT2D eigenvalue weighted by atomic mass is 10.1. The SMILES string of the molecule is COC(=O)c1cnc(Nc2ccc(C)c(C)c2)cn1. The first-order valence-electron chi connectivity index (χ1n) is 5.85. The van der Waals surface area contributed by atoms with Crippen LogP contribution in [0.25, 0.3) is 0 Å². The fourth-order valence-electron chi connectivity index (χ4n) is 1.57. The maximum atomic E-state index is 11.2. The molecule has 0 bridgehead atoms. The number of aromatic nitrogens is 2. The molecule has 2 rings (SSSR count). The van der Waals surface area contributed by atoms with Crippen molar-refractivity contribution in [3.8, 4) is 0 Å². The Morgan fingerprint density at radius 1 is 1.16 bits per heavy atom. The number of methoxy groups -OCH3 is 1. The van der Waals surface area contributed by atoms with Crippen molar-refractivity contribution >= 4 is 17.5 Å². The maximum absolute atomic E-state index is 11.2. The van der Waals surface area contributed by atoms with Gasteiger partial charge in [-0.2, -0.15) is 0 Å².